The van der Waals surface area contributed by atoms with Crippen molar-refractivity contribution in [1.29, 1.82) is 0 Å². The summed E-state index contributed by atoms with van der Waals surface area (Å²) >= 11 is 0. The second-order valence-corrected chi connectivity index (χ2v) is 25.1. The number of carbonyl (C=O) groups is 2. The average molecular weight is 1290 g/mol. The van der Waals surface area contributed by atoms with Gasteiger partial charge in [-0.2, -0.15) is 0 Å². The Balaban J connectivity index is 1.01. The van der Waals surface area contributed by atoms with Crippen LogP contribution in [-0.4, -0.2) is 143 Å². The first-order valence-corrected chi connectivity index (χ1v) is 33.1. The van der Waals surface area contributed by atoms with Crippen molar-refractivity contribution in [1.82, 2.24) is 0 Å². The standard InChI is InChI=1S/C74H92O19/c1-8-9-10-11-12-28-39-77-69-48(4)61(63-58(86-69)44-82-71(90-63)55-35-24-16-25-36-55)89-74-68(66(64-59(88-74)45-83-72(91-64)56-37-26-17-27-38-56)92-70-47(3)46(2)60(85-51(7)76)57(87-70)43-78-50(6)75)93-73-67(81-42-54-33-22-15-23-34-54)65(80-41-53-31-20-14-21-32-53)62(49(5)84-73)79-40-52-29-18-13-19-30-52/h8,13-27,29-38,46-49,57-74H,1,9-12,28,39-45H2,2-7H3/t46-,47?,48?,49?,57?,58?,59?,60-,61-,62+,63+,64+,65-,66+,67?,68?,69-,70+,71?,72?,73+,74+/m1/s1. The number of rotatable bonds is 28. The molecule has 0 amide bonds. The summed E-state index contributed by atoms with van der Waals surface area (Å²) < 4.78 is 118. The SMILES string of the molecule is C=CCCCCCCO[C@@H]1OC2COC(c3ccccc3)O[C@@H]2[C@H](O[C@@H]2OC3COC(c4ccccc4)O[C@@H]3[C@H](O[C@@H]3OC(COC(C)=O)[C@H](OC(C)=O)[C@H](C)C3C)C2O[C@@H]2OC(C)[C@H](OCc3ccccc3)[C@@H](OCc3ccccc3)C2OCc2ccccc2)C1C. The topological polar surface area (TPSA) is 191 Å². The van der Waals surface area contributed by atoms with Crippen molar-refractivity contribution in [2.75, 3.05) is 26.4 Å². The van der Waals surface area contributed by atoms with Crippen molar-refractivity contribution < 1.29 is 90.1 Å². The van der Waals surface area contributed by atoms with Gasteiger partial charge in [-0.25, -0.2) is 0 Å². The van der Waals surface area contributed by atoms with E-state index in [1.807, 2.05) is 185 Å². The molecule has 0 spiro atoms. The summed E-state index contributed by atoms with van der Waals surface area (Å²) in [4.78, 5) is 25.3. The Morgan fingerprint density at radius 2 is 0.935 bits per heavy atom. The summed E-state index contributed by atoms with van der Waals surface area (Å²) in [6, 6.07) is 49.2. The molecule has 0 radical (unpaired) electrons. The zero-order valence-corrected chi connectivity index (χ0v) is 54.2. The average Bonchev–Trinajstić information content (AvgIpc) is 0.804. The number of fused-ring (bicyclic) bond motifs is 2. The Morgan fingerprint density at radius 3 is 1.48 bits per heavy atom. The van der Waals surface area contributed by atoms with E-state index in [0.717, 1.165) is 59.9 Å². The lowest BCUT2D eigenvalue weighted by atomic mass is 9.84. The fourth-order valence-electron chi connectivity index (χ4n) is 13.1. The largest absolute Gasteiger partial charge is 0.463 e. The molecule has 0 saturated carbocycles. The van der Waals surface area contributed by atoms with Gasteiger partial charge in [-0.3, -0.25) is 9.59 Å². The summed E-state index contributed by atoms with van der Waals surface area (Å²) in [6.07, 6.45) is -10.4. The Morgan fingerprint density at radius 1 is 0.452 bits per heavy atom. The van der Waals surface area contributed by atoms with E-state index in [2.05, 4.69) is 6.58 Å². The number of carbonyl (C=O) groups excluding carboxylic acids is 2. The van der Waals surface area contributed by atoms with Crippen LogP contribution in [0.25, 0.3) is 0 Å². The van der Waals surface area contributed by atoms with E-state index >= 15 is 0 Å². The molecule has 19 heteroatoms. The summed E-state index contributed by atoms with van der Waals surface area (Å²) in [7, 11) is 0. The molecular weight excluding hydrogens is 1190 g/mol. The lowest BCUT2D eigenvalue weighted by Gasteiger charge is -2.54. The van der Waals surface area contributed by atoms with Crippen LogP contribution in [0.1, 0.15) is 114 Å². The molecule has 0 aliphatic carbocycles. The maximum atomic E-state index is 12.8. The summed E-state index contributed by atoms with van der Waals surface area (Å²) in [5, 5.41) is 0. The van der Waals surface area contributed by atoms with E-state index in [4.69, 9.17) is 80.5 Å². The molecule has 19 nitrogen and oxygen atoms in total. The van der Waals surface area contributed by atoms with Gasteiger partial charge in [0.1, 0.15) is 73.8 Å². The third kappa shape index (κ3) is 17.8. The van der Waals surface area contributed by atoms with Crippen molar-refractivity contribution in [2.45, 2.75) is 211 Å². The Hall–Kier alpha value is -5.82. The lowest BCUT2D eigenvalue weighted by molar-refractivity contribution is -0.429. The van der Waals surface area contributed by atoms with E-state index < -0.39 is 141 Å². The van der Waals surface area contributed by atoms with Crippen LogP contribution < -0.4 is 0 Å². The van der Waals surface area contributed by atoms with Crippen LogP contribution in [0.15, 0.2) is 164 Å². The van der Waals surface area contributed by atoms with Crippen molar-refractivity contribution in [3.05, 3.63) is 192 Å². The molecule has 10 unspecified atom stereocenters. The van der Waals surface area contributed by atoms with Gasteiger partial charge in [0.05, 0.1) is 45.2 Å². The van der Waals surface area contributed by atoms with Gasteiger partial charge in [-0.1, -0.05) is 191 Å². The van der Waals surface area contributed by atoms with Gasteiger partial charge in [-0.05, 0) is 42.9 Å². The molecule has 6 saturated heterocycles. The number of hydrogen-bond donors (Lipinski definition) is 0. The molecule has 5 aromatic carbocycles. The lowest BCUT2D eigenvalue weighted by Crippen LogP contribution is -2.69. The van der Waals surface area contributed by atoms with Crippen LogP contribution in [0.5, 0.6) is 0 Å². The Labute approximate surface area is 546 Å². The molecule has 0 bridgehead atoms. The summed E-state index contributed by atoms with van der Waals surface area (Å²) in [6.45, 7) is 15.5. The second-order valence-electron chi connectivity index (χ2n) is 25.1. The van der Waals surface area contributed by atoms with Crippen LogP contribution in [0.3, 0.4) is 0 Å². The molecule has 0 N–H and O–H groups in total. The third-order valence-corrected chi connectivity index (χ3v) is 18.3. The first-order valence-electron chi connectivity index (χ1n) is 33.1. The summed E-state index contributed by atoms with van der Waals surface area (Å²) in [5.74, 6) is -2.36. The van der Waals surface area contributed by atoms with Gasteiger partial charge >= 0.3 is 11.9 Å². The van der Waals surface area contributed by atoms with Crippen LogP contribution >= 0.6 is 0 Å². The first-order chi connectivity index (χ1) is 45.4. The number of allylic oxidation sites excluding steroid dienone is 1. The molecule has 93 heavy (non-hydrogen) atoms. The van der Waals surface area contributed by atoms with Crippen LogP contribution in [0, 0.1) is 17.8 Å². The van der Waals surface area contributed by atoms with E-state index in [0.29, 0.717) is 6.61 Å². The smallest absolute Gasteiger partial charge is 0.303 e. The van der Waals surface area contributed by atoms with Gasteiger partial charge in [0.15, 0.2) is 37.7 Å². The molecule has 6 aliphatic rings. The first kappa shape index (κ1) is 68.6. The monoisotopic (exact) mass is 1280 g/mol. The molecule has 6 fully saturated rings. The fourth-order valence-corrected chi connectivity index (χ4v) is 13.1. The van der Waals surface area contributed by atoms with Gasteiger partial charge < -0.3 is 80.5 Å². The van der Waals surface area contributed by atoms with Crippen LogP contribution in [-0.2, 0) is 110 Å². The van der Waals surface area contributed by atoms with Gasteiger partial charge in [0, 0.05) is 49.3 Å². The molecule has 22 atom stereocenters. The predicted octanol–water partition coefficient (Wildman–Crippen LogP) is 11.6. The third-order valence-electron chi connectivity index (χ3n) is 18.3. The molecule has 11 rings (SSSR count). The number of unbranched alkanes of at least 4 members (excludes halogenated alkanes) is 4. The van der Waals surface area contributed by atoms with Crippen molar-refractivity contribution >= 4 is 11.9 Å². The number of hydrogen-bond acceptors (Lipinski definition) is 19. The quantitative estimate of drug-likeness (QED) is 0.0261. The molecule has 6 heterocycles. The molecule has 502 valence electrons. The fraction of sp³-hybridized carbons (Fsp3) is 0.541. The van der Waals surface area contributed by atoms with Crippen LogP contribution in [0.4, 0.5) is 0 Å². The maximum Gasteiger partial charge on any atom is 0.303 e. The van der Waals surface area contributed by atoms with Crippen molar-refractivity contribution in [3.8, 4) is 0 Å². The highest BCUT2D eigenvalue weighted by Crippen LogP contribution is 2.45. The van der Waals surface area contributed by atoms with Gasteiger partial charge in [-0.15, -0.1) is 6.58 Å². The van der Waals surface area contributed by atoms with Crippen molar-refractivity contribution in [2.24, 2.45) is 17.8 Å². The Kier molecular flexibility index (Phi) is 24.9. The van der Waals surface area contributed by atoms with E-state index in [9.17, 15) is 9.59 Å². The minimum Gasteiger partial charge on any atom is -0.463 e. The van der Waals surface area contributed by atoms with Gasteiger partial charge in [0.25, 0.3) is 0 Å². The number of ether oxygens (including phenoxy) is 17. The highest BCUT2D eigenvalue weighted by Gasteiger charge is 2.60. The van der Waals surface area contributed by atoms with Crippen molar-refractivity contribution in [3.63, 3.8) is 0 Å². The zero-order valence-electron chi connectivity index (χ0n) is 54.2. The minimum atomic E-state index is -1.32. The second kappa shape index (κ2) is 33.7. The highest BCUT2D eigenvalue weighted by atomic mass is 16.8. The maximum absolute atomic E-state index is 12.8. The van der Waals surface area contributed by atoms with Gasteiger partial charge in [0.2, 0.25) is 0 Å². The molecular formula is C74H92O19. The normalized spacial score (nSPS) is 34.3. The Bertz CT molecular complexity index is 3040. The predicted molar refractivity (Wildman–Crippen MR) is 339 cm³/mol. The minimum absolute atomic E-state index is 0.0434. The highest BCUT2D eigenvalue weighted by molar-refractivity contribution is 5.66. The zero-order chi connectivity index (χ0) is 64.6. The summed E-state index contributed by atoms with van der Waals surface area (Å²) in [5.41, 5.74) is 4.40. The number of esters is 2. The molecule has 0 aromatic heterocycles. The van der Waals surface area contributed by atoms with E-state index in [1.165, 1.54) is 13.8 Å². The van der Waals surface area contributed by atoms with E-state index in [-0.39, 0.29) is 45.6 Å². The molecule has 5 aromatic rings. The molecule has 6 aliphatic heterocycles. The van der Waals surface area contributed by atoms with Crippen LogP contribution in [0.2, 0.25) is 0 Å². The van der Waals surface area contributed by atoms with E-state index in [1.54, 1.807) is 0 Å². The number of benzene rings is 5.